The average molecular weight is 264 g/mol. The molecule has 1 unspecified atom stereocenters. The Bertz CT molecular complexity index is 318. The van der Waals surface area contributed by atoms with E-state index in [0.29, 0.717) is 0 Å². The Labute approximate surface area is 117 Å². The van der Waals surface area contributed by atoms with Crippen molar-refractivity contribution in [3.63, 3.8) is 0 Å². The Kier molecular flexibility index (Phi) is 4.26. The normalized spacial score (nSPS) is 29.2. The predicted octanol–water partition coefficient (Wildman–Crippen LogP) is 1.53. The maximum Gasteiger partial charge on any atom is 0.193 e. The van der Waals surface area contributed by atoms with Crippen LogP contribution < -0.4 is 5.32 Å². The molecule has 108 valence electrons. The molecule has 2 heterocycles. The third-order valence-electron chi connectivity index (χ3n) is 4.62. The van der Waals surface area contributed by atoms with E-state index < -0.39 is 0 Å². The van der Waals surface area contributed by atoms with Gasteiger partial charge in [-0.2, -0.15) is 0 Å². The predicted molar refractivity (Wildman–Crippen MR) is 79.5 cm³/mol. The van der Waals surface area contributed by atoms with Crippen LogP contribution in [0.15, 0.2) is 4.99 Å². The highest BCUT2D eigenvalue weighted by Gasteiger charge is 2.34. The minimum atomic E-state index is 0.789. The third kappa shape index (κ3) is 3.41. The number of nitrogens with zero attached hydrogens (tertiary/aromatic N) is 3. The van der Waals surface area contributed by atoms with Crippen LogP contribution in [-0.4, -0.2) is 61.1 Å². The lowest BCUT2D eigenvalue weighted by molar-refractivity contribution is 0.315. The van der Waals surface area contributed by atoms with Gasteiger partial charge in [0.25, 0.3) is 0 Å². The maximum absolute atomic E-state index is 4.90. The second-order valence-electron chi connectivity index (χ2n) is 6.27. The number of rotatable bonds is 4. The van der Waals surface area contributed by atoms with Gasteiger partial charge in [-0.3, -0.25) is 4.99 Å². The van der Waals surface area contributed by atoms with Crippen LogP contribution in [0.5, 0.6) is 0 Å². The van der Waals surface area contributed by atoms with Crippen LogP contribution in [0.2, 0.25) is 0 Å². The first-order valence-electron chi connectivity index (χ1n) is 8.14. The largest absolute Gasteiger partial charge is 0.357 e. The summed E-state index contributed by atoms with van der Waals surface area (Å²) in [6.45, 7) is 9.13. The molecule has 1 atom stereocenters. The van der Waals surface area contributed by atoms with Crippen molar-refractivity contribution in [2.75, 3.05) is 39.3 Å². The van der Waals surface area contributed by atoms with Crippen molar-refractivity contribution in [1.82, 2.24) is 15.1 Å². The van der Waals surface area contributed by atoms with Crippen molar-refractivity contribution in [2.45, 2.75) is 45.1 Å². The van der Waals surface area contributed by atoms with Gasteiger partial charge in [0.2, 0.25) is 0 Å². The molecule has 3 rings (SSSR count). The van der Waals surface area contributed by atoms with Gasteiger partial charge in [-0.25, -0.2) is 0 Å². The van der Waals surface area contributed by atoms with E-state index in [1.807, 2.05) is 0 Å². The number of guanidine groups is 1. The van der Waals surface area contributed by atoms with E-state index >= 15 is 0 Å². The molecule has 3 aliphatic rings. The van der Waals surface area contributed by atoms with Gasteiger partial charge >= 0.3 is 0 Å². The van der Waals surface area contributed by atoms with E-state index in [2.05, 4.69) is 22.0 Å². The first-order chi connectivity index (χ1) is 9.36. The van der Waals surface area contributed by atoms with Crippen LogP contribution in [0.25, 0.3) is 0 Å². The summed E-state index contributed by atoms with van der Waals surface area (Å²) in [7, 11) is 0. The van der Waals surface area contributed by atoms with Crippen molar-refractivity contribution in [3.8, 4) is 0 Å². The molecule has 4 nitrogen and oxygen atoms in total. The molecular formula is C15H28N4. The fourth-order valence-electron chi connectivity index (χ4n) is 3.35. The minimum absolute atomic E-state index is 0.789. The molecule has 1 saturated carbocycles. The van der Waals surface area contributed by atoms with Crippen molar-refractivity contribution in [2.24, 2.45) is 10.9 Å². The van der Waals surface area contributed by atoms with Crippen molar-refractivity contribution in [1.29, 1.82) is 0 Å². The summed E-state index contributed by atoms with van der Waals surface area (Å²) in [5, 5.41) is 3.46. The van der Waals surface area contributed by atoms with Crippen LogP contribution in [0, 0.1) is 5.92 Å². The first kappa shape index (κ1) is 13.2. The van der Waals surface area contributed by atoms with Gasteiger partial charge in [0, 0.05) is 38.8 Å². The van der Waals surface area contributed by atoms with E-state index in [-0.39, 0.29) is 0 Å². The van der Waals surface area contributed by atoms with Crippen molar-refractivity contribution >= 4 is 5.96 Å². The highest BCUT2D eigenvalue weighted by molar-refractivity contribution is 5.80. The summed E-state index contributed by atoms with van der Waals surface area (Å²) in [4.78, 5) is 10.0. The average Bonchev–Trinajstić information content (AvgIpc) is 2.94. The smallest absolute Gasteiger partial charge is 0.193 e. The number of hydrogen-bond donors (Lipinski definition) is 1. The molecule has 4 heteroatoms. The Morgan fingerprint density at radius 3 is 2.63 bits per heavy atom. The van der Waals surface area contributed by atoms with Gasteiger partial charge in [-0.05, 0) is 51.5 Å². The van der Waals surface area contributed by atoms with Crippen LogP contribution in [0.3, 0.4) is 0 Å². The summed E-state index contributed by atoms with van der Waals surface area (Å²) in [6.07, 6.45) is 6.87. The second-order valence-corrected chi connectivity index (χ2v) is 6.27. The first-order valence-corrected chi connectivity index (χ1v) is 8.14. The van der Waals surface area contributed by atoms with Gasteiger partial charge in [0.15, 0.2) is 5.96 Å². The van der Waals surface area contributed by atoms with Crippen LogP contribution in [-0.2, 0) is 0 Å². The van der Waals surface area contributed by atoms with E-state index in [0.717, 1.165) is 31.0 Å². The molecule has 2 aliphatic heterocycles. The second kappa shape index (κ2) is 6.12. The highest BCUT2D eigenvalue weighted by Crippen LogP contribution is 2.31. The molecule has 3 fully saturated rings. The molecule has 1 N–H and O–H groups in total. The Balaban J connectivity index is 1.50. The van der Waals surface area contributed by atoms with E-state index in [1.54, 1.807) is 0 Å². The SMILES string of the molecule is CCNC(=NCC1CCN(C2CC2)C1)N1CCCC1. The molecule has 0 radical (unpaired) electrons. The molecular weight excluding hydrogens is 236 g/mol. The number of likely N-dealkylation sites (tertiary alicyclic amines) is 2. The summed E-state index contributed by atoms with van der Waals surface area (Å²) in [5.74, 6) is 1.95. The molecule has 0 amide bonds. The lowest BCUT2D eigenvalue weighted by atomic mass is 10.1. The fourth-order valence-corrected chi connectivity index (χ4v) is 3.35. The van der Waals surface area contributed by atoms with Gasteiger partial charge in [0.05, 0.1) is 0 Å². The summed E-state index contributed by atoms with van der Waals surface area (Å²) in [6, 6.07) is 0.931. The van der Waals surface area contributed by atoms with E-state index in [1.165, 1.54) is 58.3 Å². The minimum Gasteiger partial charge on any atom is -0.357 e. The molecule has 0 aromatic rings. The maximum atomic E-state index is 4.90. The monoisotopic (exact) mass is 264 g/mol. The zero-order valence-electron chi connectivity index (χ0n) is 12.3. The molecule has 1 aliphatic carbocycles. The number of hydrogen-bond acceptors (Lipinski definition) is 2. The zero-order valence-corrected chi connectivity index (χ0v) is 12.3. The Hall–Kier alpha value is -0.770. The lowest BCUT2D eigenvalue weighted by Crippen LogP contribution is -2.40. The van der Waals surface area contributed by atoms with E-state index in [4.69, 9.17) is 4.99 Å². The number of aliphatic imine (C=N–C) groups is 1. The van der Waals surface area contributed by atoms with Crippen molar-refractivity contribution < 1.29 is 0 Å². The molecule has 0 spiro atoms. The quantitative estimate of drug-likeness (QED) is 0.617. The topological polar surface area (TPSA) is 30.9 Å². The molecule has 0 aromatic heterocycles. The summed E-state index contributed by atoms with van der Waals surface area (Å²) < 4.78 is 0. The molecule has 19 heavy (non-hydrogen) atoms. The third-order valence-corrected chi connectivity index (χ3v) is 4.62. The summed E-state index contributed by atoms with van der Waals surface area (Å²) >= 11 is 0. The Morgan fingerprint density at radius 2 is 1.95 bits per heavy atom. The Morgan fingerprint density at radius 1 is 1.16 bits per heavy atom. The van der Waals surface area contributed by atoms with Gasteiger partial charge < -0.3 is 15.1 Å². The molecule has 0 bridgehead atoms. The fraction of sp³-hybridized carbons (Fsp3) is 0.933. The number of nitrogens with one attached hydrogen (secondary N) is 1. The standard InChI is InChI=1S/C15H28N4/c1-2-16-15(18-8-3-4-9-18)17-11-13-7-10-19(12-13)14-5-6-14/h13-14H,2-12H2,1H3,(H,16,17). The van der Waals surface area contributed by atoms with E-state index in [9.17, 15) is 0 Å². The van der Waals surface area contributed by atoms with Crippen LogP contribution >= 0.6 is 0 Å². The highest BCUT2D eigenvalue weighted by atomic mass is 15.3. The summed E-state index contributed by atoms with van der Waals surface area (Å²) in [5.41, 5.74) is 0. The van der Waals surface area contributed by atoms with Gasteiger partial charge in [0.1, 0.15) is 0 Å². The lowest BCUT2D eigenvalue weighted by Gasteiger charge is -2.21. The molecule has 0 aromatic carbocycles. The van der Waals surface area contributed by atoms with Crippen LogP contribution in [0.1, 0.15) is 39.0 Å². The van der Waals surface area contributed by atoms with Gasteiger partial charge in [-0.1, -0.05) is 0 Å². The van der Waals surface area contributed by atoms with Gasteiger partial charge in [-0.15, -0.1) is 0 Å². The zero-order chi connectivity index (χ0) is 13.1. The van der Waals surface area contributed by atoms with Crippen LogP contribution in [0.4, 0.5) is 0 Å². The molecule has 2 saturated heterocycles. The van der Waals surface area contributed by atoms with Crippen molar-refractivity contribution in [3.05, 3.63) is 0 Å².